The molecule has 2 aromatic carbocycles. The molecular weight excluding hydrogens is 419 g/mol. The largest absolute Gasteiger partial charge is 0.417 e. The van der Waals surface area contributed by atoms with Crippen molar-refractivity contribution in [3.05, 3.63) is 58.4 Å². The van der Waals surface area contributed by atoms with Crippen molar-refractivity contribution in [3.63, 3.8) is 0 Å². The lowest BCUT2D eigenvalue weighted by atomic mass is 9.96. The smallest absolute Gasteiger partial charge is 0.367 e. The van der Waals surface area contributed by atoms with Crippen LogP contribution in [0.2, 0.25) is 5.02 Å². The van der Waals surface area contributed by atoms with Gasteiger partial charge in [-0.15, -0.1) is 5.10 Å². The molecule has 7 nitrogen and oxygen atoms in total. The summed E-state index contributed by atoms with van der Waals surface area (Å²) >= 11 is 6.16. The van der Waals surface area contributed by atoms with Crippen LogP contribution in [0.3, 0.4) is 0 Å². The molecule has 5 N–H and O–H groups in total. The third-order valence-electron chi connectivity index (χ3n) is 3.83. The Balaban J connectivity index is 2.16. The second-order valence-corrected chi connectivity index (χ2v) is 7.86. The van der Waals surface area contributed by atoms with Crippen LogP contribution in [0.5, 0.6) is 0 Å². The van der Waals surface area contributed by atoms with Crippen molar-refractivity contribution in [3.8, 4) is 11.1 Å². The number of nitrogens with two attached hydrogens (primary N) is 2. The number of hydrogen-bond acceptors (Lipinski definition) is 5. The number of nitrogen functional groups attached to an aromatic ring is 1. The molecule has 3 aromatic rings. The van der Waals surface area contributed by atoms with Crippen LogP contribution < -0.4 is 10.9 Å². The van der Waals surface area contributed by atoms with E-state index < -0.39 is 21.8 Å². The number of rotatable bonds is 4. The van der Waals surface area contributed by atoms with Gasteiger partial charge in [-0.3, -0.25) is 5.10 Å². The minimum absolute atomic E-state index is 0.00943. The molecule has 0 aliphatic heterocycles. The zero-order valence-corrected chi connectivity index (χ0v) is 15.5. The summed E-state index contributed by atoms with van der Waals surface area (Å²) in [6.07, 6.45) is -4.75. The van der Waals surface area contributed by atoms with Crippen LogP contribution in [0.4, 0.5) is 19.1 Å². The highest BCUT2D eigenvalue weighted by Crippen LogP contribution is 2.42. The number of anilines is 1. The molecule has 0 saturated carbocycles. The second-order valence-electron chi connectivity index (χ2n) is 5.89. The van der Waals surface area contributed by atoms with Gasteiger partial charge in [0, 0.05) is 17.0 Å². The van der Waals surface area contributed by atoms with Crippen molar-refractivity contribution in [2.45, 2.75) is 17.5 Å². The first-order valence-corrected chi connectivity index (χ1v) is 9.57. The predicted octanol–water partition coefficient (Wildman–Crippen LogP) is 2.96. The highest BCUT2D eigenvalue weighted by atomic mass is 35.5. The van der Waals surface area contributed by atoms with E-state index in [0.29, 0.717) is 0 Å². The van der Waals surface area contributed by atoms with E-state index in [9.17, 15) is 21.6 Å². The van der Waals surface area contributed by atoms with Crippen LogP contribution in [0.25, 0.3) is 11.1 Å². The Morgan fingerprint density at radius 1 is 1.18 bits per heavy atom. The maximum Gasteiger partial charge on any atom is 0.417 e. The maximum atomic E-state index is 13.7. The summed E-state index contributed by atoms with van der Waals surface area (Å²) < 4.78 is 64.2. The van der Waals surface area contributed by atoms with E-state index in [0.717, 1.165) is 12.1 Å². The van der Waals surface area contributed by atoms with E-state index in [-0.39, 0.29) is 44.8 Å². The van der Waals surface area contributed by atoms with Gasteiger partial charge in [-0.2, -0.15) is 18.2 Å². The van der Waals surface area contributed by atoms with Gasteiger partial charge in [-0.1, -0.05) is 23.7 Å². The zero-order valence-electron chi connectivity index (χ0n) is 14.0. The van der Waals surface area contributed by atoms with Crippen LogP contribution in [-0.2, 0) is 22.6 Å². The molecule has 0 radical (unpaired) electrons. The Morgan fingerprint density at radius 3 is 2.46 bits per heavy atom. The second kappa shape index (κ2) is 7.08. The van der Waals surface area contributed by atoms with Crippen LogP contribution in [0, 0.1) is 0 Å². The molecule has 0 bridgehead atoms. The van der Waals surface area contributed by atoms with Gasteiger partial charge in [0.2, 0.25) is 16.0 Å². The quantitative estimate of drug-likeness (QED) is 0.585. The summed E-state index contributed by atoms with van der Waals surface area (Å²) in [6.45, 7) is 0. The molecule has 3 rings (SSSR count). The number of nitrogens with zero attached hydrogens (tertiary/aromatic N) is 2. The van der Waals surface area contributed by atoms with E-state index >= 15 is 0 Å². The molecule has 0 aliphatic rings. The highest BCUT2D eigenvalue weighted by molar-refractivity contribution is 7.89. The third kappa shape index (κ3) is 4.26. The van der Waals surface area contributed by atoms with Gasteiger partial charge in [0.05, 0.1) is 10.5 Å². The maximum absolute atomic E-state index is 13.7. The Labute approximate surface area is 162 Å². The van der Waals surface area contributed by atoms with E-state index in [1.807, 2.05) is 0 Å². The molecule has 1 heterocycles. The monoisotopic (exact) mass is 431 g/mol. The Kier molecular flexibility index (Phi) is 5.08. The highest BCUT2D eigenvalue weighted by Gasteiger charge is 2.35. The number of benzene rings is 2. The summed E-state index contributed by atoms with van der Waals surface area (Å²) in [4.78, 5) is 3.53. The van der Waals surface area contributed by atoms with Gasteiger partial charge in [-0.25, -0.2) is 13.6 Å². The van der Waals surface area contributed by atoms with Gasteiger partial charge >= 0.3 is 6.18 Å². The molecule has 0 spiro atoms. The lowest BCUT2D eigenvalue weighted by Gasteiger charge is -2.17. The Morgan fingerprint density at radius 2 is 1.89 bits per heavy atom. The summed E-state index contributed by atoms with van der Waals surface area (Å²) in [6, 6.07) is 7.10. The number of primary sulfonamides is 1. The van der Waals surface area contributed by atoms with Crippen molar-refractivity contribution in [1.82, 2.24) is 15.2 Å². The van der Waals surface area contributed by atoms with Gasteiger partial charge in [-0.05, 0) is 35.4 Å². The first kappa shape index (κ1) is 20.1. The standard InChI is InChI=1S/C16H13ClF3N5O2S/c17-12-5-8(6-13-23-15(21)25-24-13)4-11(16(18,19)20)14(12)9-2-1-3-10(7-9)28(22,26)27/h1-5,7H,6H2,(H2,22,26,27)(H3,21,23,24,25). The average Bonchev–Trinajstić information content (AvgIpc) is 2.97. The van der Waals surface area contributed by atoms with Crippen molar-refractivity contribution >= 4 is 27.6 Å². The van der Waals surface area contributed by atoms with E-state index in [1.54, 1.807) is 0 Å². The minimum atomic E-state index is -4.74. The third-order valence-corrected chi connectivity index (χ3v) is 5.04. The zero-order chi connectivity index (χ0) is 20.7. The Hall–Kier alpha value is -2.63. The minimum Gasteiger partial charge on any atom is -0.367 e. The summed E-state index contributed by atoms with van der Waals surface area (Å²) in [5.41, 5.74) is 4.22. The first-order chi connectivity index (χ1) is 12.9. The van der Waals surface area contributed by atoms with Crippen molar-refractivity contribution in [2.75, 3.05) is 5.73 Å². The van der Waals surface area contributed by atoms with E-state index in [1.165, 1.54) is 24.3 Å². The number of sulfonamides is 1. The molecule has 148 valence electrons. The first-order valence-electron chi connectivity index (χ1n) is 7.65. The van der Waals surface area contributed by atoms with E-state index in [2.05, 4.69) is 15.2 Å². The summed E-state index contributed by atoms with van der Waals surface area (Å²) in [5.74, 6) is 0.235. The fourth-order valence-corrected chi connectivity index (χ4v) is 3.60. The van der Waals surface area contributed by atoms with Crippen LogP contribution in [-0.4, -0.2) is 23.6 Å². The predicted molar refractivity (Wildman–Crippen MR) is 96.9 cm³/mol. The number of halogens is 4. The van der Waals surface area contributed by atoms with E-state index in [4.69, 9.17) is 22.5 Å². The van der Waals surface area contributed by atoms with Crippen molar-refractivity contribution < 1.29 is 21.6 Å². The lowest BCUT2D eigenvalue weighted by Crippen LogP contribution is -2.12. The van der Waals surface area contributed by atoms with Gasteiger partial charge in [0.1, 0.15) is 5.82 Å². The fraction of sp³-hybridized carbons (Fsp3) is 0.125. The lowest BCUT2D eigenvalue weighted by molar-refractivity contribution is -0.137. The number of nitrogens with one attached hydrogen (secondary N) is 1. The van der Waals surface area contributed by atoms with Crippen LogP contribution in [0.15, 0.2) is 41.3 Å². The molecule has 0 amide bonds. The fourth-order valence-electron chi connectivity index (χ4n) is 2.69. The molecule has 0 aliphatic carbocycles. The van der Waals surface area contributed by atoms with Gasteiger partial charge < -0.3 is 5.73 Å². The molecule has 0 saturated heterocycles. The number of alkyl halides is 3. The van der Waals surface area contributed by atoms with Crippen LogP contribution in [0.1, 0.15) is 17.0 Å². The van der Waals surface area contributed by atoms with Crippen molar-refractivity contribution in [2.24, 2.45) is 5.14 Å². The number of H-pyrrole nitrogens is 1. The number of aromatic nitrogens is 3. The normalized spacial score (nSPS) is 12.3. The van der Waals surface area contributed by atoms with Gasteiger partial charge in [0.25, 0.3) is 0 Å². The summed E-state index contributed by atoms with van der Waals surface area (Å²) in [7, 11) is -4.10. The number of aromatic amines is 1. The molecule has 28 heavy (non-hydrogen) atoms. The Bertz CT molecular complexity index is 1150. The van der Waals surface area contributed by atoms with Crippen molar-refractivity contribution in [1.29, 1.82) is 0 Å². The molecule has 0 atom stereocenters. The number of hydrogen-bond donors (Lipinski definition) is 3. The molecular formula is C16H13ClF3N5O2S. The molecule has 12 heteroatoms. The SMILES string of the molecule is Nc1n[nH]c(Cc2cc(Cl)c(-c3cccc(S(N)(=O)=O)c3)c(C(F)(F)F)c2)n1. The molecule has 0 fully saturated rings. The summed E-state index contributed by atoms with van der Waals surface area (Å²) in [5, 5.41) is 11.0. The van der Waals surface area contributed by atoms with Gasteiger partial charge in [0.15, 0.2) is 0 Å². The molecule has 1 aromatic heterocycles. The topological polar surface area (TPSA) is 128 Å². The average molecular weight is 432 g/mol. The molecule has 0 unspecified atom stereocenters. The van der Waals surface area contributed by atoms with Crippen LogP contribution >= 0.6 is 11.6 Å².